The van der Waals surface area contributed by atoms with Crippen molar-refractivity contribution >= 4 is 0 Å². The first-order valence-electron chi connectivity index (χ1n) is 16.5. The number of nitrogens with zero attached hydrogens (tertiary/aromatic N) is 5. The van der Waals surface area contributed by atoms with Gasteiger partial charge in [0.05, 0.1) is 0 Å². The zero-order valence-corrected chi connectivity index (χ0v) is 24.6. The largest absolute Gasteiger partial charge is 0.317 e. The number of nitrogens with one attached hydrogen (secondary N) is 1. The van der Waals surface area contributed by atoms with Gasteiger partial charge in [0, 0.05) is 45.3 Å². The molecule has 5 aliphatic rings. The standard InChI is InChI=1S/C31H60N6/c1-27(2)30-9-19-35(20-10-30)31-11-17-33(18-12-31)15-6-29-7-21-36(22-8-29)37-25-23-34(24-26-37)16-5-28-3-13-32-14-4-28/h27-32H,3-26H2,1-2H3. The number of piperidine rings is 4. The number of hydrogen-bond donors (Lipinski definition) is 1. The highest BCUT2D eigenvalue weighted by Gasteiger charge is 2.30. The van der Waals surface area contributed by atoms with Crippen LogP contribution in [0.25, 0.3) is 0 Å². The minimum atomic E-state index is 0.873. The quantitative estimate of drug-likeness (QED) is 0.501. The molecule has 6 heteroatoms. The third kappa shape index (κ3) is 8.38. The predicted octanol–water partition coefficient (Wildman–Crippen LogP) is 3.84. The maximum Gasteiger partial charge on any atom is 0.0261 e. The van der Waals surface area contributed by atoms with E-state index in [1.165, 1.54) is 156 Å². The Morgan fingerprint density at radius 3 is 1.70 bits per heavy atom. The highest BCUT2D eigenvalue weighted by molar-refractivity contribution is 4.85. The molecule has 5 heterocycles. The monoisotopic (exact) mass is 516 g/mol. The Labute approximate surface area is 229 Å². The van der Waals surface area contributed by atoms with E-state index in [1.807, 2.05) is 0 Å². The fourth-order valence-corrected chi connectivity index (χ4v) is 8.09. The van der Waals surface area contributed by atoms with Gasteiger partial charge in [0.25, 0.3) is 0 Å². The summed E-state index contributed by atoms with van der Waals surface area (Å²) in [6.07, 6.45) is 14.2. The number of piperazine rings is 1. The van der Waals surface area contributed by atoms with Gasteiger partial charge in [-0.1, -0.05) is 13.8 Å². The van der Waals surface area contributed by atoms with Gasteiger partial charge in [-0.05, 0) is 140 Å². The van der Waals surface area contributed by atoms with Gasteiger partial charge in [-0.25, -0.2) is 10.0 Å². The number of likely N-dealkylation sites (tertiary alicyclic amines) is 2. The SMILES string of the molecule is CC(C)C1CCN(C2CCN(CCC3CCN(N4CCN(CCC5CCNCC5)CC4)CC3)CC2)CC1. The molecule has 5 rings (SSSR count). The highest BCUT2D eigenvalue weighted by Crippen LogP contribution is 2.29. The van der Waals surface area contributed by atoms with Gasteiger partial charge in [0.1, 0.15) is 0 Å². The zero-order chi connectivity index (χ0) is 25.5. The molecule has 0 amide bonds. The molecular formula is C31H60N6. The van der Waals surface area contributed by atoms with Crippen molar-refractivity contribution in [2.75, 3.05) is 91.6 Å². The Bertz CT molecular complexity index is 620. The van der Waals surface area contributed by atoms with Gasteiger partial charge in [0.2, 0.25) is 0 Å². The molecule has 0 aromatic rings. The Hall–Kier alpha value is -0.240. The summed E-state index contributed by atoms with van der Waals surface area (Å²) < 4.78 is 0. The van der Waals surface area contributed by atoms with Gasteiger partial charge in [0.15, 0.2) is 0 Å². The minimum absolute atomic E-state index is 0.873. The van der Waals surface area contributed by atoms with E-state index >= 15 is 0 Å². The van der Waals surface area contributed by atoms with Crippen molar-refractivity contribution in [3.05, 3.63) is 0 Å². The molecule has 0 radical (unpaired) electrons. The second kappa shape index (κ2) is 14.4. The molecule has 1 N–H and O–H groups in total. The predicted molar refractivity (Wildman–Crippen MR) is 156 cm³/mol. The number of rotatable bonds is 9. The summed E-state index contributed by atoms with van der Waals surface area (Å²) in [5.74, 6) is 3.77. The lowest BCUT2D eigenvalue weighted by molar-refractivity contribution is -0.0772. The summed E-state index contributed by atoms with van der Waals surface area (Å²) in [6, 6.07) is 0.873. The second-order valence-corrected chi connectivity index (χ2v) is 13.7. The molecule has 0 atom stereocenters. The lowest BCUT2D eigenvalue weighted by Crippen LogP contribution is -2.55. The van der Waals surface area contributed by atoms with E-state index < -0.39 is 0 Å². The van der Waals surface area contributed by atoms with Crippen molar-refractivity contribution in [3.63, 3.8) is 0 Å². The zero-order valence-electron chi connectivity index (χ0n) is 24.6. The highest BCUT2D eigenvalue weighted by atomic mass is 15.6. The van der Waals surface area contributed by atoms with Crippen molar-refractivity contribution in [3.8, 4) is 0 Å². The van der Waals surface area contributed by atoms with Crippen LogP contribution in [-0.4, -0.2) is 122 Å². The van der Waals surface area contributed by atoms with Gasteiger partial charge in [-0.2, -0.15) is 0 Å². The van der Waals surface area contributed by atoms with Crippen LogP contribution in [0, 0.1) is 23.7 Å². The molecule has 0 saturated carbocycles. The van der Waals surface area contributed by atoms with Crippen LogP contribution in [-0.2, 0) is 0 Å². The van der Waals surface area contributed by atoms with E-state index in [0.717, 1.165) is 29.7 Å². The molecule has 0 unspecified atom stereocenters. The molecule has 0 aliphatic carbocycles. The minimum Gasteiger partial charge on any atom is -0.317 e. The Balaban J connectivity index is 0.910. The molecule has 5 aliphatic heterocycles. The molecular weight excluding hydrogens is 456 g/mol. The van der Waals surface area contributed by atoms with Crippen molar-refractivity contribution in [2.24, 2.45) is 23.7 Å². The van der Waals surface area contributed by atoms with Crippen LogP contribution in [0.3, 0.4) is 0 Å². The van der Waals surface area contributed by atoms with Gasteiger partial charge in [-0.15, -0.1) is 0 Å². The van der Waals surface area contributed by atoms with Crippen molar-refractivity contribution in [1.29, 1.82) is 0 Å². The third-order valence-corrected chi connectivity index (χ3v) is 11.1. The lowest BCUT2D eigenvalue weighted by Gasteiger charge is -2.45. The van der Waals surface area contributed by atoms with Gasteiger partial charge >= 0.3 is 0 Å². The molecule has 5 fully saturated rings. The third-order valence-electron chi connectivity index (χ3n) is 11.1. The second-order valence-electron chi connectivity index (χ2n) is 13.7. The van der Waals surface area contributed by atoms with Crippen LogP contribution >= 0.6 is 0 Å². The fourth-order valence-electron chi connectivity index (χ4n) is 8.09. The smallest absolute Gasteiger partial charge is 0.0261 e. The summed E-state index contributed by atoms with van der Waals surface area (Å²) in [5, 5.41) is 8.93. The molecule has 5 saturated heterocycles. The number of hydrazine groups is 1. The van der Waals surface area contributed by atoms with Crippen LogP contribution in [0.15, 0.2) is 0 Å². The van der Waals surface area contributed by atoms with E-state index in [4.69, 9.17) is 0 Å². The summed E-state index contributed by atoms with van der Waals surface area (Å²) in [6.45, 7) is 23.1. The first kappa shape index (κ1) is 28.3. The Kier molecular flexibility index (Phi) is 11.0. The Morgan fingerprint density at radius 2 is 1.11 bits per heavy atom. The molecule has 214 valence electrons. The first-order chi connectivity index (χ1) is 18.1. The first-order valence-corrected chi connectivity index (χ1v) is 16.5. The van der Waals surface area contributed by atoms with E-state index in [-0.39, 0.29) is 0 Å². The van der Waals surface area contributed by atoms with Crippen molar-refractivity contribution in [2.45, 2.75) is 84.1 Å². The van der Waals surface area contributed by atoms with E-state index in [9.17, 15) is 0 Å². The summed E-state index contributed by atoms with van der Waals surface area (Å²) in [7, 11) is 0. The molecule has 0 aromatic heterocycles. The summed E-state index contributed by atoms with van der Waals surface area (Å²) >= 11 is 0. The van der Waals surface area contributed by atoms with Crippen molar-refractivity contribution in [1.82, 2.24) is 30.0 Å². The average Bonchev–Trinajstić information content (AvgIpc) is 2.96. The van der Waals surface area contributed by atoms with E-state index in [0.29, 0.717) is 0 Å². The maximum atomic E-state index is 3.51. The van der Waals surface area contributed by atoms with Gasteiger partial charge < -0.3 is 20.0 Å². The molecule has 0 bridgehead atoms. The van der Waals surface area contributed by atoms with Crippen LogP contribution in [0.5, 0.6) is 0 Å². The summed E-state index contributed by atoms with van der Waals surface area (Å²) in [4.78, 5) is 8.38. The number of hydrogen-bond acceptors (Lipinski definition) is 6. The van der Waals surface area contributed by atoms with Crippen LogP contribution < -0.4 is 5.32 Å². The summed E-state index contributed by atoms with van der Waals surface area (Å²) in [5.41, 5.74) is 0. The molecule has 37 heavy (non-hydrogen) atoms. The van der Waals surface area contributed by atoms with Crippen molar-refractivity contribution < 1.29 is 0 Å². The van der Waals surface area contributed by atoms with Gasteiger partial charge in [-0.3, -0.25) is 0 Å². The molecule has 6 nitrogen and oxygen atoms in total. The van der Waals surface area contributed by atoms with E-state index in [1.54, 1.807) is 0 Å². The molecule has 0 spiro atoms. The van der Waals surface area contributed by atoms with Crippen LogP contribution in [0.4, 0.5) is 0 Å². The normalized spacial score (nSPS) is 28.9. The van der Waals surface area contributed by atoms with Crippen LogP contribution in [0.1, 0.15) is 78.1 Å². The van der Waals surface area contributed by atoms with Crippen LogP contribution in [0.2, 0.25) is 0 Å². The lowest BCUT2D eigenvalue weighted by atomic mass is 9.85. The average molecular weight is 517 g/mol. The Morgan fingerprint density at radius 1 is 0.568 bits per heavy atom. The fraction of sp³-hybridized carbons (Fsp3) is 1.00. The van der Waals surface area contributed by atoms with E-state index in [2.05, 4.69) is 43.9 Å². The maximum absolute atomic E-state index is 3.51. The topological polar surface area (TPSA) is 28.2 Å². The molecule has 0 aromatic carbocycles.